The van der Waals surface area contributed by atoms with Crippen LogP contribution in [0.5, 0.6) is 5.75 Å². The number of ether oxygens (including phenoxy) is 1. The number of hydrogen-bond acceptors (Lipinski definition) is 3. The normalized spacial score (nSPS) is 9.50. The van der Waals surface area contributed by atoms with Crippen molar-refractivity contribution in [2.75, 3.05) is 18.5 Å². The van der Waals surface area contributed by atoms with Crippen LogP contribution in [0, 0.1) is 0 Å². The zero-order valence-corrected chi connectivity index (χ0v) is 11.8. The molecule has 1 aromatic carbocycles. The molecule has 3 N–H and O–H groups in total. The number of hydrogen-bond donors (Lipinski definition) is 2. The molecule has 0 heterocycles. The van der Waals surface area contributed by atoms with E-state index in [0.717, 1.165) is 6.42 Å². The number of nitrogens with one attached hydrogen (secondary N) is 1. The molecule has 0 bridgehead atoms. The Morgan fingerprint density at radius 2 is 2.22 bits per heavy atom. The molecule has 0 atom stereocenters. The fraction of sp³-hybridized carbons (Fsp3) is 0.417. The Balaban J connectivity index is 0.00000289. The first-order valence-electron chi connectivity index (χ1n) is 5.59. The van der Waals surface area contributed by atoms with E-state index in [-0.39, 0.29) is 24.7 Å². The number of halogens is 2. The molecule has 0 aliphatic carbocycles. The molecule has 0 aliphatic heterocycles. The van der Waals surface area contributed by atoms with Gasteiger partial charge in [0.05, 0.1) is 12.3 Å². The summed E-state index contributed by atoms with van der Waals surface area (Å²) in [6.45, 7) is 2.93. The molecule has 0 radical (unpaired) electrons. The van der Waals surface area contributed by atoms with Crippen molar-refractivity contribution in [3.63, 3.8) is 0 Å². The first-order valence-corrected chi connectivity index (χ1v) is 5.97. The van der Waals surface area contributed by atoms with E-state index < -0.39 is 0 Å². The summed E-state index contributed by atoms with van der Waals surface area (Å²) in [6.07, 6.45) is 1.18. The van der Waals surface area contributed by atoms with Gasteiger partial charge in [-0.1, -0.05) is 18.5 Å². The molecule has 0 saturated heterocycles. The zero-order chi connectivity index (χ0) is 12.7. The lowest BCUT2D eigenvalue weighted by molar-refractivity contribution is -0.116. The molecule has 0 fully saturated rings. The van der Waals surface area contributed by atoms with Crippen molar-refractivity contribution in [3.05, 3.63) is 23.2 Å². The maximum atomic E-state index is 11.5. The molecule has 0 saturated carbocycles. The zero-order valence-electron chi connectivity index (χ0n) is 10.2. The molecule has 1 aromatic rings. The SMILES string of the molecule is CCCOc1ccc(Cl)cc1NC(=O)CCN.Cl. The van der Waals surface area contributed by atoms with Crippen LogP contribution in [0.25, 0.3) is 0 Å². The van der Waals surface area contributed by atoms with Crippen molar-refractivity contribution in [3.8, 4) is 5.75 Å². The second kappa shape index (κ2) is 9.03. The summed E-state index contributed by atoms with van der Waals surface area (Å²) in [5.41, 5.74) is 5.90. The highest BCUT2D eigenvalue weighted by Crippen LogP contribution is 2.28. The minimum Gasteiger partial charge on any atom is -0.491 e. The van der Waals surface area contributed by atoms with Gasteiger partial charge in [0.15, 0.2) is 0 Å². The number of rotatable bonds is 6. The first kappa shape index (κ1) is 17.0. The molecule has 6 heteroatoms. The summed E-state index contributed by atoms with van der Waals surface area (Å²) in [4.78, 5) is 11.5. The van der Waals surface area contributed by atoms with Gasteiger partial charge < -0.3 is 15.8 Å². The minimum absolute atomic E-state index is 0. The Morgan fingerprint density at radius 3 is 2.83 bits per heavy atom. The molecule has 0 spiro atoms. The van der Waals surface area contributed by atoms with Gasteiger partial charge in [0.2, 0.25) is 5.91 Å². The number of amides is 1. The number of nitrogens with two attached hydrogens (primary N) is 1. The van der Waals surface area contributed by atoms with Gasteiger partial charge in [-0.15, -0.1) is 12.4 Å². The van der Waals surface area contributed by atoms with Gasteiger partial charge in [0.1, 0.15) is 5.75 Å². The number of carbonyl (C=O) groups excluding carboxylic acids is 1. The van der Waals surface area contributed by atoms with E-state index in [1.807, 2.05) is 6.92 Å². The number of anilines is 1. The molecule has 4 nitrogen and oxygen atoms in total. The largest absolute Gasteiger partial charge is 0.491 e. The van der Waals surface area contributed by atoms with Gasteiger partial charge in [-0.05, 0) is 24.6 Å². The molecule has 18 heavy (non-hydrogen) atoms. The summed E-state index contributed by atoms with van der Waals surface area (Å²) < 4.78 is 5.52. The highest BCUT2D eigenvalue weighted by atomic mass is 35.5. The van der Waals surface area contributed by atoms with Crippen molar-refractivity contribution < 1.29 is 9.53 Å². The molecule has 1 amide bonds. The Labute approximate surface area is 118 Å². The maximum absolute atomic E-state index is 11.5. The fourth-order valence-corrected chi connectivity index (χ4v) is 1.45. The lowest BCUT2D eigenvalue weighted by Gasteiger charge is -2.12. The number of benzene rings is 1. The molecule has 102 valence electrons. The molecule has 1 rings (SSSR count). The second-order valence-corrected chi connectivity index (χ2v) is 4.01. The standard InChI is InChI=1S/C12H17ClN2O2.ClH/c1-2-7-17-11-4-3-9(13)8-10(11)15-12(16)5-6-14;/h3-4,8H,2,5-7,14H2,1H3,(H,15,16);1H. The van der Waals surface area contributed by atoms with E-state index in [2.05, 4.69) is 5.32 Å². The average Bonchev–Trinajstić information content (AvgIpc) is 2.28. The molecule has 0 aliphatic rings. The van der Waals surface area contributed by atoms with Crippen LogP contribution in [0.2, 0.25) is 5.02 Å². The highest BCUT2D eigenvalue weighted by Gasteiger charge is 2.08. The Kier molecular flexibility index (Phi) is 8.54. The third kappa shape index (κ3) is 5.58. The van der Waals surface area contributed by atoms with Crippen LogP contribution >= 0.6 is 24.0 Å². The summed E-state index contributed by atoms with van der Waals surface area (Å²) in [5.74, 6) is 0.484. The molecule has 0 unspecified atom stereocenters. The summed E-state index contributed by atoms with van der Waals surface area (Å²) >= 11 is 5.88. The highest BCUT2D eigenvalue weighted by molar-refractivity contribution is 6.31. The van der Waals surface area contributed by atoms with Crippen molar-refractivity contribution >= 4 is 35.6 Å². The summed E-state index contributed by atoms with van der Waals surface area (Å²) in [5, 5.41) is 3.29. The van der Waals surface area contributed by atoms with Gasteiger partial charge in [0, 0.05) is 18.0 Å². The van der Waals surface area contributed by atoms with Gasteiger partial charge in [0.25, 0.3) is 0 Å². The lowest BCUT2D eigenvalue weighted by Crippen LogP contribution is -2.16. The van der Waals surface area contributed by atoms with Crippen LogP contribution in [-0.2, 0) is 4.79 Å². The van der Waals surface area contributed by atoms with Crippen molar-refractivity contribution in [1.82, 2.24) is 0 Å². The van der Waals surface area contributed by atoms with E-state index in [0.29, 0.717) is 29.6 Å². The average molecular weight is 293 g/mol. The van der Waals surface area contributed by atoms with Crippen molar-refractivity contribution in [1.29, 1.82) is 0 Å². The van der Waals surface area contributed by atoms with Crippen LogP contribution in [0.15, 0.2) is 18.2 Å². The smallest absolute Gasteiger partial charge is 0.225 e. The Hall–Kier alpha value is -0.970. The minimum atomic E-state index is -0.142. The quantitative estimate of drug-likeness (QED) is 0.847. The molecule has 0 aromatic heterocycles. The van der Waals surface area contributed by atoms with E-state index in [4.69, 9.17) is 22.1 Å². The predicted molar refractivity (Wildman–Crippen MR) is 76.8 cm³/mol. The van der Waals surface area contributed by atoms with Gasteiger partial charge in [-0.2, -0.15) is 0 Å². The van der Waals surface area contributed by atoms with Gasteiger partial charge >= 0.3 is 0 Å². The third-order valence-electron chi connectivity index (χ3n) is 2.05. The molecular formula is C12H18Cl2N2O2. The van der Waals surface area contributed by atoms with Crippen LogP contribution in [0.4, 0.5) is 5.69 Å². The van der Waals surface area contributed by atoms with Gasteiger partial charge in [-0.25, -0.2) is 0 Å². The van der Waals surface area contributed by atoms with Crippen LogP contribution < -0.4 is 15.8 Å². The topological polar surface area (TPSA) is 64.3 Å². The van der Waals surface area contributed by atoms with Crippen molar-refractivity contribution in [2.24, 2.45) is 5.73 Å². The summed E-state index contributed by atoms with van der Waals surface area (Å²) in [7, 11) is 0. The van der Waals surface area contributed by atoms with Crippen LogP contribution in [0.3, 0.4) is 0 Å². The van der Waals surface area contributed by atoms with E-state index in [9.17, 15) is 4.79 Å². The second-order valence-electron chi connectivity index (χ2n) is 3.58. The van der Waals surface area contributed by atoms with Crippen molar-refractivity contribution in [2.45, 2.75) is 19.8 Å². The lowest BCUT2D eigenvalue weighted by atomic mass is 10.2. The Bertz CT molecular complexity index is 386. The molecular weight excluding hydrogens is 275 g/mol. The summed E-state index contributed by atoms with van der Waals surface area (Å²) in [6, 6.07) is 5.14. The predicted octanol–water partition coefficient (Wildman–Crippen LogP) is 2.84. The van der Waals surface area contributed by atoms with E-state index in [1.165, 1.54) is 0 Å². The first-order chi connectivity index (χ1) is 8.17. The number of carbonyl (C=O) groups is 1. The Morgan fingerprint density at radius 1 is 1.50 bits per heavy atom. The van der Waals surface area contributed by atoms with Gasteiger partial charge in [-0.3, -0.25) is 4.79 Å². The van der Waals surface area contributed by atoms with E-state index >= 15 is 0 Å². The van der Waals surface area contributed by atoms with E-state index in [1.54, 1.807) is 18.2 Å². The maximum Gasteiger partial charge on any atom is 0.225 e. The van der Waals surface area contributed by atoms with Crippen LogP contribution in [0.1, 0.15) is 19.8 Å². The monoisotopic (exact) mass is 292 g/mol. The van der Waals surface area contributed by atoms with Crippen LogP contribution in [-0.4, -0.2) is 19.1 Å². The third-order valence-corrected chi connectivity index (χ3v) is 2.28. The fourth-order valence-electron chi connectivity index (χ4n) is 1.28.